The maximum atomic E-state index is 13.8. The average Bonchev–Trinajstić information content (AvgIpc) is 3.00. The quantitative estimate of drug-likeness (QED) is 0.604. The lowest BCUT2D eigenvalue weighted by Gasteiger charge is -2.16. The van der Waals surface area contributed by atoms with E-state index in [4.69, 9.17) is 4.74 Å². The van der Waals surface area contributed by atoms with Crippen LogP contribution >= 0.6 is 0 Å². The predicted molar refractivity (Wildman–Crippen MR) is 118 cm³/mol. The van der Waals surface area contributed by atoms with Crippen LogP contribution in [-0.4, -0.2) is 18.9 Å². The highest BCUT2D eigenvalue weighted by molar-refractivity contribution is 6.46. The Balaban J connectivity index is 1.87. The van der Waals surface area contributed by atoms with E-state index in [9.17, 15) is 14.0 Å². The van der Waals surface area contributed by atoms with Gasteiger partial charge < -0.3 is 10.1 Å². The second kappa shape index (κ2) is 8.07. The van der Waals surface area contributed by atoms with E-state index in [1.165, 1.54) is 31.4 Å². The SMILES string of the molecule is COc1ccccc1NC1=C(c2ccc(C)c(C)c2)C(=O)N(c2cccc(F)c2)C1=O. The van der Waals surface area contributed by atoms with Crippen LogP contribution in [0.5, 0.6) is 5.75 Å². The Morgan fingerprint density at radius 3 is 2.35 bits per heavy atom. The lowest BCUT2D eigenvalue weighted by Crippen LogP contribution is -2.32. The number of anilines is 2. The van der Waals surface area contributed by atoms with Crippen LogP contribution in [0.25, 0.3) is 5.57 Å². The smallest absolute Gasteiger partial charge is 0.282 e. The van der Waals surface area contributed by atoms with E-state index in [0.29, 0.717) is 17.0 Å². The molecule has 1 aliphatic rings. The van der Waals surface area contributed by atoms with Crippen LogP contribution in [0.2, 0.25) is 0 Å². The zero-order chi connectivity index (χ0) is 22.1. The van der Waals surface area contributed by atoms with E-state index in [2.05, 4.69) is 5.32 Å². The van der Waals surface area contributed by atoms with Crippen molar-refractivity contribution in [3.63, 3.8) is 0 Å². The van der Waals surface area contributed by atoms with Crippen LogP contribution in [0.4, 0.5) is 15.8 Å². The van der Waals surface area contributed by atoms with Crippen molar-refractivity contribution in [3.05, 3.63) is 94.9 Å². The molecule has 3 aromatic carbocycles. The number of rotatable bonds is 5. The summed E-state index contributed by atoms with van der Waals surface area (Å²) < 4.78 is 19.2. The molecule has 0 fully saturated rings. The van der Waals surface area contributed by atoms with Crippen LogP contribution in [0.1, 0.15) is 16.7 Å². The second-order valence-electron chi connectivity index (χ2n) is 7.30. The van der Waals surface area contributed by atoms with Crippen LogP contribution in [0, 0.1) is 19.7 Å². The average molecular weight is 416 g/mol. The van der Waals surface area contributed by atoms with Gasteiger partial charge in [-0.3, -0.25) is 9.59 Å². The van der Waals surface area contributed by atoms with Gasteiger partial charge in [-0.15, -0.1) is 0 Å². The standard InChI is InChI=1S/C25H21FN2O3/c1-15-11-12-17(13-16(15)2)22-23(27-20-9-4-5-10-21(20)31-3)25(30)28(24(22)29)19-8-6-7-18(26)14-19/h4-14,27H,1-3H3. The van der Waals surface area contributed by atoms with Crippen molar-refractivity contribution in [2.24, 2.45) is 0 Å². The number of hydrogen-bond acceptors (Lipinski definition) is 4. The van der Waals surface area contributed by atoms with Gasteiger partial charge in [0, 0.05) is 0 Å². The van der Waals surface area contributed by atoms with Crippen molar-refractivity contribution >= 4 is 28.8 Å². The molecule has 6 heteroatoms. The second-order valence-corrected chi connectivity index (χ2v) is 7.30. The molecule has 31 heavy (non-hydrogen) atoms. The number of imide groups is 1. The summed E-state index contributed by atoms with van der Waals surface area (Å²) in [5.41, 5.74) is 3.73. The van der Waals surface area contributed by atoms with Gasteiger partial charge in [0.1, 0.15) is 17.3 Å². The van der Waals surface area contributed by atoms with E-state index in [-0.39, 0.29) is 17.0 Å². The molecule has 1 aliphatic heterocycles. The van der Waals surface area contributed by atoms with Gasteiger partial charge in [-0.25, -0.2) is 9.29 Å². The summed E-state index contributed by atoms with van der Waals surface area (Å²) in [6, 6.07) is 18.1. The van der Waals surface area contributed by atoms with Crippen molar-refractivity contribution in [1.82, 2.24) is 0 Å². The molecule has 0 saturated heterocycles. The highest BCUT2D eigenvalue weighted by atomic mass is 19.1. The van der Waals surface area contributed by atoms with E-state index in [1.54, 1.807) is 18.2 Å². The summed E-state index contributed by atoms with van der Waals surface area (Å²) in [6.07, 6.45) is 0. The minimum absolute atomic E-state index is 0.113. The van der Waals surface area contributed by atoms with Gasteiger partial charge in [-0.2, -0.15) is 0 Å². The zero-order valence-electron chi connectivity index (χ0n) is 17.4. The molecule has 0 radical (unpaired) electrons. The molecule has 1 N–H and O–H groups in total. The molecule has 3 aromatic rings. The van der Waals surface area contributed by atoms with Crippen molar-refractivity contribution in [2.75, 3.05) is 17.3 Å². The van der Waals surface area contributed by atoms with Gasteiger partial charge in [0.25, 0.3) is 11.8 Å². The maximum Gasteiger partial charge on any atom is 0.282 e. The minimum atomic E-state index is -0.560. The van der Waals surface area contributed by atoms with Gasteiger partial charge in [-0.05, 0) is 60.9 Å². The first kappa shape index (κ1) is 20.3. The number of hydrogen-bond donors (Lipinski definition) is 1. The number of amides is 2. The Hall–Kier alpha value is -3.93. The van der Waals surface area contributed by atoms with E-state index < -0.39 is 17.6 Å². The predicted octanol–water partition coefficient (Wildman–Crippen LogP) is 4.85. The van der Waals surface area contributed by atoms with Crippen molar-refractivity contribution in [1.29, 1.82) is 0 Å². The van der Waals surface area contributed by atoms with E-state index >= 15 is 0 Å². The van der Waals surface area contributed by atoms with Gasteiger partial charge in [0.15, 0.2) is 0 Å². The van der Waals surface area contributed by atoms with Crippen LogP contribution < -0.4 is 15.0 Å². The molecule has 2 amide bonds. The van der Waals surface area contributed by atoms with Crippen molar-refractivity contribution < 1.29 is 18.7 Å². The Kier molecular flexibility index (Phi) is 5.29. The molecule has 0 aromatic heterocycles. The summed E-state index contributed by atoms with van der Waals surface area (Å²) >= 11 is 0. The summed E-state index contributed by atoms with van der Waals surface area (Å²) in [5, 5.41) is 3.09. The molecule has 0 aliphatic carbocycles. The maximum absolute atomic E-state index is 13.8. The molecule has 0 spiro atoms. The highest BCUT2D eigenvalue weighted by Gasteiger charge is 2.40. The number of carbonyl (C=O) groups excluding carboxylic acids is 2. The minimum Gasteiger partial charge on any atom is -0.495 e. The number of ether oxygens (including phenoxy) is 1. The summed E-state index contributed by atoms with van der Waals surface area (Å²) in [4.78, 5) is 27.8. The van der Waals surface area contributed by atoms with Gasteiger partial charge >= 0.3 is 0 Å². The van der Waals surface area contributed by atoms with Gasteiger partial charge in [0.05, 0.1) is 24.1 Å². The molecule has 1 heterocycles. The molecule has 5 nitrogen and oxygen atoms in total. The first-order valence-corrected chi connectivity index (χ1v) is 9.77. The highest BCUT2D eigenvalue weighted by Crippen LogP contribution is 2.36. The normalized spacial score (nSPS) is 13.7. The fourth-order valence-electron chi connectivity index (χ4n) is 3.54. The molecular weight excluding hydrogens is 395 g/mol. The van der Waals surface area contributed by atoms with Crippen LogP contribution in [-0.2, 0) is 9.59 Å². The van der Waals surface area contributed by atoms with Gasteiger partial charge in [-0.1, -0.05) is 36.4 Å². The fraction of sp³-hybridized carbons (Fsp3) is 0.120. The number of benzene rings is 3. The number of para-hydroxylation sites is 2. The molecule has 156 valence electrons. The van der Waals surface area contributed by atoms with Crippen LogP contribution in [0.3, 0.4) is 0 Å². The third-order valence-corrected chi connectivity index (χ3v) is 5.31. The first-order valence-electron chi connectivity index (χ1n) is 9.77. The number of halogens is 1. The molecule has 0 saturated carbocycles. The monoisotopic (exact) mass is 416 g/mol. The summed E-state index contributed by atoms with van der Waals surface area (Å²) in [7, 11) is 1.53. The summed E-state index contributed by atoms with van der Waals surface area (Å²) in [5.74, 6) is -1.08. The van der Waals surface area contributed by atoms with Crippen molar-refractivity contribution in [2.45, 2.75) is 13.8 Å². The molecule has 0 bridgehead atoms. The first-order chi connectivity index (χ1) is 14.9. The number of carbonyl (C=O) groups is 2. The largest absolute Gasteiger partial charge is 0.495 e. The van der Waals surface area contributed by atoms with Gasteiger partial charge in [0.2, 0.25) is 0 Å². The number of aryl methyl sites for hydroxylation is 2. The molecule has 4 rings (SSSR count). The topological polar surface area (TPSA) is 58.6 Å². The molecule has 0 atom stereocenters. The van der Waals surface area contributed by atoms with E-state index in [1.807, 2.05) is 38.1 Å². The lowest BCUT2D eigenvalue weighted by atomic mass is 9.99. The third-order valence-electron chi connectivity index (χ3n) is 5.31. The zero-order valence-corrected chi connectivity index (χ0v) is 17.4. The van der Waals surface area contributed by atoms with E-state index in [0.717, 1.165) is 16.0 Å². The van der Waals surface area contributed by atoms with Crippen molar-refractivity contribution in [3.8, 4) is 5.75 Å². The Bertz CT molecular complexity index is 1230. The number of nitrogens with one attached hydrogen (secondary N) is 1. The molecular formula is C25H21FN2O3. The lowest BCUT2D eigenvalue weighted by molar-refractivity contribution is -0.120. The third kappa shape index (κ3) is 3.68. The molecule has 0 unspecified atom stereocenters. The Morgan fingerprint density at radius 1 is 0.871 bits per heavy atom. The fourth-order valence-corrected chi connectivity index (χ4v) is 3.54. The number of nitrogens with zero attached hydrogens (tertiary/aromatic N) is 1. The Morgan fingerprint density at radius 2 is 1.65 bits per heavy atom. The van der Waals surface area contributed by atoms with Crippen LogP contribution in [0.15, 0.2) is 72.4 Å². The summed E-state index contributed by atoms with van der Waals surface area (Å²) in [6.45, 7) is 3.92. The number of methoxy groups -OCH3 is 1. The Labute approximate surface area is 179 Å².